The zero-order valence-corrected chi connectivity index (χ0v) is 9.09. The van der Waals surface area contributed by atoms with Crippen molar-refractivity contribution in [3.8, 4) is 0 Å². The molecule has 0 amide bonds. The highest BCUT2D eigenvalue weighted by molar-refractivity contribution is 5.57. The number of aromatic nitrogens is 1. The highest BCUT2D eigenvalue weighted by Crippen LogP contribution is 2.22. The van der Waals surface area contributed by atoms with E-state index in [-0.39, 0.29) is 11.5 Å². The van der Waals surface area contributed by atoms with Crippen LogP contribution in [0.1, 0.15) is 6.92 Å². The predicted octanol–water partition coefficient (Wildman–Crippen LogP) is 0.357. The van der Waals surface area contributed by atoms with E-state index in [1.807, 2.05) is 11.8 Å². The van der Waals surface area contributed by atoms with Crippen LogP contribution in [-0.4, -0.2) is 29.5 Å². The minimum absolute atomic E-state index is 0.0713. The number of nitrogens with zero attached hydrogens (tertiary/aromatic N) is 3. The van der Waals surface area contributed by atoms with Gasteiger partial charge in [-0.3, -0.25) is 10.1 Å². The molecule has 0 saturated carbocycles. The smallest absolute Gasteiger partial charge is 0.311 e. The Hall–Kier alpha value is -1.89. The molecule has 0 aliphatic rings. The second-order valence-electron chi connectivity index (χ2n) is 3.20. The average Bonchev–Trinajstić information content (AvgIpc) is 2.25. The van der Waals surface area contributed by atoms with Crippen molar-refractivity contribution in [3.63, 3.8) is 0 Å². The third-order valence-corrected chi connectivity index (χ3v) is 2.19. The fraction of sp³-hybridized carbons (Fsp3) is 0.444. The lowest BCUT2D eigenvalue weighted by Crippen LogP contribution is -2.29. The van der Waals surface area contributed by atoms with Crippen molar-refractivity contribution in [2.75, 3.05) is 30.3 Å². The Kier molecular flexibility index (Phi) is 4.01. The van der Waals surface area contributed by atoms with Gasteiger partial charge in [-0.05, 0) is 13.0 Å². The molecule has 0 spiro atoms. The Bertz CT molecular complexity index is 382. The third-order valence-electron chi connectivity index (χ3n) is 2.19. The van der Waals surface area contributed by atoms with Crippen LogP contribution in [0.3, 0.4) is 0 Å². The molecule has 0 aromatic carbocycles. The second-order valence-corrected chi connectivity index (χ2v) is 3.20. The summed E-state index contributed by atoms with van der Waals surface area (Å²) in [7, 11) is 0. The molecule has 0 aliphatic heterocycles. The normalized spacial score (nSPS) is 10.1. The summed E-state index contributed by atoms with van der Waals surface area (Å²) in [5.74, 6) is 0.536. The summed E-state index contributed by atoms with van der Waals surface area (Å²) >= 11 is 0. The lowest BCUT2D eigenvalue weighted by molar-refractivity contribution is -0.384. The summed E-state index contributed by atoms with van der Waals surface area (Å²) in [6.45, 7) is 3.81. The van der Waals surface area contributed by atoms with E-state index in [0.29, 0.717) is 18.9 Å². The van der Waals surface area contributed by atoms with Crippen LogP contribution in [0, 0.1) is 10.1 Å². The van der Waals surface area contributed by atoms with Crippen LogP contribution in [0.2, 0.25) is 0 Å². The number of hydrogen-bond donors (Lipinski definition) is 2. The minimum atomic E-state index is -0.550. The van der Waals surface area contributed by atoms with Gasteiger partial charge in [0.25, 0.3) is 0 Å². The van der Waals surface area contributed by atoms with Gasteiger partial charge in [0.05, 0.1) is 4.92 Å². The summed E-state index contributed by atoms with van der Waals surface area (Å²) in [5.41, 5.74) is 10.8. The van der Waals surface area contributed by atoms with Crippen LogP contribution in [-0.2, 0) is 0 Å². The Labute approximate surface area is 93.2 Å². The number of nitro groups is 1. The van der Waals surface area contributed by atoms with Gasteiger partial charge in [-0.15, -0.1) is 0 Å². The van der Waals surface area contributed by atoms with E-state index in [0.717, 1.165) is 6.54 Å². The van der Waals surface area contributed by atoms with Gasteiger partial charge in [-0.2, -0.15) is 0 Å². The molecule has 0 aliphatic carbocycles. The van der Waals surface area contributed by atoms with Gasteiger partial charge in [0, 0.05) is 25.7 Å². The van der Waals surface area contributed by atoms with Crippen molar-refractivity contribution in [1.82, 2.24) is 4.98 Å². The zero-order chi connectivity index (χ0) is 12.1. The van der Waals surface area contributed by atoms with Gasteiger partial charge >= 0.3 is 5.69 Å². The minimum Gasteiger partial charge on any atom is -0.378 e. The van der Waals surface area contributed by atoms with Crippen LogP contribution in [0.5, 0.6) is 0 Å². The summed E-state index contributed by atoms with van der Waals surface area (Å²) in [6.07, 6.45) is 0. The lowest BCUT2D eigenvalue weighted by Gasteiger charge is -2.20. The fourth-order valence-corrected chi connectivity index (χ4v) is 1.38. The Morgan fingerprint density at radius 3 is 2.69 bits per heavy atom. The summed E-state index contributed by atoms with van der Waals surface area (Å²) in [6, 6.07) is 2.94. The number of pyridine rings is 1. The van der Waals surface area contributed by atoms with Gasteiger partial charge in [-0.25, -0.2) is 4.98 Å². The Morgan fingerprint density at radius 1 is 1.56 bits per heavy atom. The SMILES string of the molecule is CCN(CCN)c1ccc([N+](=O)[O-])c(N)n1. The topological polar surface area (TPSA) is 111 Å². The highest BCUT2D eigenvalue weighted by Gasteiger charge is 2.14. The fourth-order valence-electron chi connectivity index (χ4n) is 1.38. The number of anilines is 2. The summed E-state index contributed by atoms with van der Waals surface area (Å²) in [5, 5.41) is 10.6. The monoisotopic (exact) mass is 225 g/mol. The third kappa shape index (κ3) is 2.57. The van der Waals surface area contributed by atoms with E-state index < -0.39 is 4.92 Å². The molecule has 7 nitrogen and oxygen atoms in total. The van der Waals surface area contributed by atoms with Gasteiger partial charge < -0.3 is 16.4 Å². The van der Waals surface area contributed by atoms with Crippen LogP contribution in [0.15, 0.2) is 12.1 Å². The maximum absolute atomic E-state index is 10.6. The molecule has 0 radical (unpaired) electrons. The molecule has 88 valence electrons. The Morgan fingerprint density at radius 2 is 2.25 bits per heavy atom. The first-order valence-corrected chi connectivity index (χ1v) is 4.96. The van der Waals surface area contributed by atoms with Gasteiger partial charge in [0.1, 0.15) is 5.82 Å². The van der Waals surface area contributed by atoms with Crippen molar-refractivity contribution in [1.29, 1.82) is 0 Å². The molecule has 1 aromatic rings. The lowest BCUT2D eigenvalue weighted by atomic mass is 10.3. The van der Waals surface area contributed by atoms with Gasteiger partial charge in [-0.1, -0.05) is 0 Å². The highest BCUT2D eigenvalue weighted by atomic mass is 16.6. The molecular weight excluding hydrogens is 210 g/mol. The van der Waals surface area contributed by atoms with Crippen molar-refractivity contribution in [2.45, 2.75) is 6.92 Å². The van der Waals surface area contributed by atoms with Crippen LogP contribution in [0.4, 0.5) is 17.3 Å². The maximum Gasteiger partial charge on any atom is 0.311 e. The first-order chi connectivity index (χ1) is 7.60. The van der Waals surface area contributed by atoms with E-state index in [1.54, 1.807) is 6.07 Å². The molecule has 0 bridgehead atoms. The summed E-state index contributed by atoms with van der Waals surface area (Å²) < 4.78 is 0. The van der Waals surface area contributed by atoms with Gasteiger partial charge in [0.2, 0.25) is 5.82 Å². The first-order valence-electron chi connectivity index (χ1n) is 4.96. The van der Waals surface area contributed by atoms with E-state index in [1.165, 1.54) is 6.07 Å². The molecule has 1 heterocycles. The molecule has 0 saturated heterocycles. The van der Waals surface area contributed by atoms with E-state index in [9.17, 15) is 10.1 Å². The number of hydrogen-bond acceptors (Lipinski definition) is 6. The second kappa shape index (κ2) is 5.26. The van der Waals surface area contributed by atoms with Crippen LogP contribution < -0.4 is 16.4 Å². The molecule has 7 heteroatoms. The number of likely N-dealkylation sites (N-methyl/N-ethyl adjacent to an activating group) is 1. The quantitative estimate of drug-likeness (QED) is 0.552. The maximum atomic E-state index is 10.6. The van der Waals surface area contributed by atoms with Gasteiger partial charge in [0.15, 0.2) is 0 Å². The van der Waals surface area contributed by atoms with Crippen LogP contribution in [0.25, 0.3) is 0 Å². The van der Waals surface area contributed by atoms with E-state index in [4.69, 9.17) is 11.5 Å². The number of nitrogens with two attached hydrogens (primary N) is 2. The van der Waals surface area contributed by atoms with Crippen molar-refractivity contribution in [3.05, 3.63) is 22.2 Å². The summed E-state index contributed by atoms with van der Waals surface area (Å²) in [4.78, 5) is 15.9. The first kappa shape index (κ1) is 12.2. The molecule has 4 N–H and O–H groups in total. The Balaban J connectivity index is 2.99. The van der Waals surface area contributed by atoms with Crippen molar-refractivity contribution in [2.24, 2.45) is 5.73 Å². The van der Waals surface area contributed by atoms with Crippen LogP contribution >= 0.6 is 0 Å². The molecular formula is C9H15N5O2. The van der Waals surface area contributed by atoms with E-state index >= 15 is 0 Å². The molecule has 16 heavy (non-hydrogen) atoms. The number of rotatable bonds is 5. The molecule has 1 rings (SSSR count). The molecule has 0 atom stereocenters. The largest absolute Gasteiger partial charge is 0.378 e. The van der Waals surface area contributed by atoms with E-state index in [2.05, 4.69) is 4.98 Å². The molecule has 0 unspecified atom stereocenters. The molecule has 0 fully saturated rings. The standard InChI is InChI=1S/C9H15N5O2/c1-2-13(6-5-10)8-4-3-7(14(15)16)9(11)12-8/h3-4H,2,5-6,10H2,1H3,(H2,11,12). The predicted molar refractivity (Wildman–Crippen MR) is 62.2 cm³/mol. The molecule has 1 aromatic heterocycles. The average molecular weight is 225 g/mol. The number of nitrogen functional groups attached to an aromatic ring is 1. The van der Waals surface area contributed by atoms with Crippen molar-refractivity contribution < 1.29 is 4.92 Å². The van der Waals surface area contributed by atoms with Crippen molar-refractivity contribution >= 4 is 17.3 Å². The zero-order valence-electron chi connectivity index (χ0n) is 9.09.